The van der Waals surface area contributed by atoms with Crippen LogP contribution in [0.15, 0.2) is 23.0 Å². The van der Waals surface area contributed by atoms with Crippen LogP contribution < -0.4 is 24.4 Å². The molecule has 156 valence electrons. The van der Waals surface area contributed by atoms with E-state index in [0.717, 1.165) is 0 Å². The van der Waals surface area contributed by atoms with Crippen molar-refractivity contribution in [1.29, 1.82) is 0 Å². The molecule has 2 aromatic carbocycles. The molecule has 0 radical (unpaired) electrons. The van der Waals surface area contributed by atoms with Crippen molar-refractivity contribution in [1.82, 2.24) is 4.57 Å². The van der Waals surface area contributed by atoms with Crippen molar-refractivity contribution >= 4 is 21.8 Å². The fraction of sp³-hybridized carbons (Fsp3) is 0.350. The van der Waals surface area contributed by atoms with Gasteiger partial charge in [-0.15, -0.1) is 0 Å². The van der Waals surface area contributed by atoms with Gasteiger partial charge >= 0.3 is 0 Å². The largest absolute Gasteiger partial charge is 0.507 e. The number of phenols is 1. The summed E-state index contributed by atoms with van der Waals surface area (Å²) in [6.45, 7) is -0.0380. The van der Waals surface area contributed by atoms with E-state index in [1.807, 2.05) is 0 Å². The van der Waals surface area contributed by atoms with Crippen molar-refractivity contribution in [2.24, 2.45) is 7.05 Å². The van der Waals surface area contributed by atoms with Gasteiger partial charge in [0, 0.05) is 27.3 Å². The Morgan fingerprint density at radius 1 is 0.897 bits per heavy atom. The minimum Gasteiger partial charge on any atom is -0.507 e. The number of rotatable bonds is 8. The fourth-order valence-electron chi connectivity index (χ4n) is 3.33. The molecule has 0 aliphatic carbocycles. The number of phenolic OH excluding ortho intramolecular Hbond substituents is 1. The highest BCUT2D eigenvalue weighted by molar-refractivity contribution is 6.02. The van der Waals surface area contributed by atoms with Gasteiger partial charge in [0.2, 0.25) is 5.43 Å². The highest BCUT2D eigenvalue weighted by Crippen LogP contribution is 2.43. The van der Waals surface area contributed by atoms with Crippen LogP contribution in [0, 0.1) is 0 Å². The summed E-state index contributed by atoms with van der Waals surface area (Å²) < 4.78 is 33.7. The van der Waals surface area contributed by atoms with E-state index in [1.165, 1.54) is 34.5 Å². The highest BCUT2D eigenvalue weighted by atomic mass is 16.7. The number of nitrogens with zero attached hydrogens (tertiary/aromatic N) is 1. The molecule has 9 nitrogen and oxygen atoms in total. The lowest BCUT2D eigenvalue weighted by molar-refractivity contribution is 0.0491. The standard InChI is InChI=1S/C20H23NO8/c1-21-16-11(6-7-13(19(16)26-4)28-9-24-2)18(23)15-12(22)8-14(29-10-25-3)20(27-5)17(15)21/h6-8,22H,9-10H2,1-5H3. The van der Waals surface area contributed by atoms with Gasteiger partial charge in [-0.25, -0.2) is 0 Å². The Kier molecular flexibility index (Phi) is 6.00. The van der Waals surface area contributed by atoms with E-state index in [4.69, 9.17) is 28.4 Å². The zero-order valence-electron chi connectivity index (χ0n) is 16.9. The molecular formula is C20H23NO8. The van der Waals surface area contributed by atoms with Crippen molar-refractivity contribution in [3.63, 3.8) is 0 Å². The van der Waals surface area contributed by atoms with Crippen LogP contribution in [0.1, 0.15) is 0 Å². The smallest absolute Gasteiger partial charge is 0.201 e. The van der Waals surface area contributed by atoms with Gasteiger partial charge in [-0.2, -0.15) is 0 Å². The van der Waals surface area contributed by atoms with Crippen LogP contribution in [-0.4, -0.2) is 51.7 Å². The Hall–Kier alpha value is -3.17. The Labute approximate surface area is 166 Å². The molecule has 0 fully saturated rings. The molecule has 1 N–H and O–H groups in total. The number of fused-ring (bicyclic) bond motifs is 2. The maximum Gasteiger partial charge on any atom is 0.201 e. The fourth-order valence-corrected chi connectivity index (χ4v) is 3.33. The van der Waals surface area contributed by atoms with Crippen molar-refractivity contribution in [3.05, 3.63) is 28.4 Å². The first kappa shape index (κ1) is 20.6. The van der Waals surface area contributed by atoms with Gasteiger partial charge in [-0.3, -0.25) is 4.79 Å². The van der Waals surface area contributed by atoms with Crippen LogP contribution in [0.5, 0.6) is 28.7 Å². The van der Waals surface area contributed by atoms with Gasteiger partial charge in [0.15, 0.2) is 36.6 Å². The average Bonchev–Trinajstić information content (AvgIpc) is 2.73. The predicted molar refractivity (Wildman–Crippen MR) is 106 cm³/mol. The molecule has 0 saturated heterocycles. The topological polar surface area (TPSA) is 97.6 Å². The molecule has 1 heterocycles. The van der Waals surface area contributed by atoms with Crippen molar-refractivity contribution < 1.29 is 33.5 Å². The molecular weight excluding hydrogens is 382 g/mol. The summed E-state index contributed by atoms with van der Waals surface area (Å²) in [6.07, 6.45) is 0. The lowest BCUT2D eigenvalue weighted by atomic mass is 10.1. The molecule has 0 aliphatic heterocycles. The number of hydrogen-bond donors (Lipinski definition) is 1. The molecule has 0 saturated carbocycles. The molecule has 0 atom stereocenters. The molecule has 0 aliphatic rings. The van der Waals surface area contributed by atoms with E-state index in [-0.39, 0.29) is 41.6 Å². The first-order valence-corrected chi connectivity index (χ1v) is 8.66. The maximum atomic E-state index is 13.2. The Bertz CT molecular complexity index is 1110. The molecule has 3 rings (SSSR count). The number of ether oxygens (including phenoxy) is 6. The van der Waals surface area contributed by atoms with Crippen molar-refractivity contribution in [2.75, 3.05) is 42.0 Å². The second-order valence-corrected chi connectivity index (χ2v) is 6.13. The minimum absolute atomic E-state index is 0.0164. The summed E-state index contributed by atoms with van der Waals surface area (Å²) in [5.74, 6) is 1.05. The third kappa shape index (κ3) is 3.39. The summed E-state index contributed by atoms with van der Waals surface area (Å²) in [6, 6.07) is 4.57. The van der Waals surface area contributed by atoms with E-state index in [1.54, 1.807) is 23.7 Å². The SMILES string of the molecule is COCOc1ccc2c(=O)c3c(O)cc(OCOC)c(OC)c3n(C)c2c1OC. The molecule has 0 bridgehead atoms. The van der Waals surface area contributed by atoms with Crippen LogP contribution in [0.3, 0.4) is 0 Å². The van der Waals surface area contributed by atoms with Gasteiger partial charge in [-0.05, 0) is 12.1 Å². The minimum atomic E-state index is -0.376. The first-order valence-electron chi connectivity index (χ1n) is 8.66. The third-order valence-corrected chi connectivity index (χ3v) is 4.51. The highest BCUT2D eigenvalue weighted by Gasteiger charge is 2.23. The zero-order chi connectivity index (χ0) is 21.1. The molecule has 0 unspecified atom stereocenters. The summed E-state index contributed by atoms with van der Waals surface area (Å²) in [7, 11) is 7.65. The first-order chi connectivity index (χ1) is 14.0. The summed E-state index contributed by atoms with van der Waals surface area (Å²) in [5, 5.41) is 11.0. The Morgan fingerprint density at radius 3 is 2.07 bits per heavy atom. The van der Waals surface area contributed by atoms with E-state index in [2.05, 4.69) is 0 Å². The maximum absolute atomic E-state index is 13.2. The molecule has 3 aromatic rings. The summed E-state index contributed by atoms with van der Waals surface area (Å²) in [5.41, 5.74) is 0.442. The number of aromatic nitrogens is 1. The Morgan fingerprint density at radius 2 is 1.48 bits per heavy atom. The number of aryl methyl sites for hydroxylation is 1. The number of benzene rings is 2. The molecule has 0 spiro atoms. The molecule has 0 amide bonds. The number of pyridine rings is 1. The normalized spacial score (nSPS) is 11.1. The molecule has 9 heteroatoms. The summed E-state index contributed by atoms with van der Waals surface area (Å²) >= 11 is 0. The van der Waals surface area contributed by atoms with Crippen LogP contribution in [0.4, 0.5) is 0 Å². The lowest BCUT2D eigenvalue weighted by Crippen LogP contribution is -2.13. The number of hydrogen-bond acceptors (Lipinski definition) is 8. The van der Waals surface area contributed by atoms with E-state index in [9.17, 15) is 9.90 Å². The lowest BCUT2D eigenvalue weighted by Gasteiger charge is -2.20. The van der Waals surface area contributed by atoms with E-state index >= 15 is 0 Å². The van der Waals surface area contributed by atoms with Gasteiger partial charge < -0.3 is 38.1 Å². The van der Waals surface area contributed by atoms with Gasteiger partial charge in [-0.1, -0.05) is 0 Å². The molecule has 1 aromatic heterocycles. The zero-order valence-corrected chi connectivity index (χ0v) is 16.9. The van der Waals surface area contributed by atoms with Gasteiger partial charge in [0.1, 0.15) is 11.3 Å². The Balaban J connectivity index is 2.47. The second kappa shape index (κ2) is 8.46. The number of aromatic hydroxyl groups is 1. The summed E-state index contributed by atoms with van der Waals surface area (Å²) in [4.78, 5) is 13.2. The van der Waals surface area contributed by atoms with Crippen LogP contribution in [-0.2, 0) is 16.5 Å². The molecule has 29 heavy (non-hydrogen) atoms. The van der Waals surface area contributed by atoms with Crippen molar-refractivity contribution in [2.45, 2.75) is 0 Å². The van der Waals surface area contributed by atoms with Gasteiger partial charge in [0.25, 0.3) is 0 Å². The van der Waals surface area contributed by atoms with Crippen LogP contribution >= 0.6 is 0 Å². The predicted octanol–water partition coefficient (Wildman–Crippen LogP) is 2.38. The monoisotopic (exact) mass is 405 g/mol. The quantitative estimate of drug-likeness (QED) is 0.451. The average molecular weight is 405 g/mol. The van der Waals surface area contributed by atoms with Crippen LogP contribution in [0.2, 0.25) is 0 Å². The van der Waals surface area contributed by atoms with Crippen molar-refractivity contribution in [3.8, 4) is 28.7 Å². The second-order valence-electron chi connectivity index (χ2n) is 6.13. The number of methoxy groups -OCH3 is 4. The van der Waals surface area contributed by atoms with E-state index in [0.29, 0.717) is 27.9 Å². The third-order valence-electron chi connectivity index (χ3n) is 4.51. The van der Waals surface area contributed by atoms with Gasteiger partial charge in [0.05, 0.1) is 30.5 Å². The van der Waals surface area contributed by atoms with Crippen LogP contribution in [0.25, 0.3) is 21.8 Å². The van der Waals surface area contributed by atoms with E-state index < -0.39 is 0 Å².